The monoisotopic (exact) mass is 391 g/mol. The molecule has 0 aromatic heterocycles. The highest BCUT2D eigenvalue weighted by Crippen LogP contribution is 2.19. The summed E-state index contributed by atoms with van der Waals surface area (Å²) in [6.45, 7) is 9.45. The van der Waals surface area contributed by atoms with E-state index < -0.39 is 0 Å². The number of likely N-dealkylation sites (tertiary alicyclic amines) is 1. The molecule has 1 fully saturated rings. The van der Waals surface area contributed by atoms with Crippen molar-refractivity contribution in [2.24, 2.45) is 10.9 Å². The van der Waals surface area contributed by atoms with Gasteiger partial charge in [0.1, 0.15) is 5.82 Å². The zero-order valence-corrected chi connectivity index (χ0v) is 17.5. The molecule has 28 heavy (non-hydrogen) atoms. The molecular formula is C21H34FN5O. The van der Waals surface area contributed by atoms with E-state index in [4.69, 9.17) is 0 Å². The van der Waals surface area contributed by atoms with Gasteiger partial charge in [0.05, 0.1) is 6.54 Å². The zero-order valence-electron chi connectivity index (χ0n) is 17.5. The minimum Gasteiger partial charge on any atom is -0.356 e. The molecule has 0 atom stereocenters. The van der Waals surface area contributed by atoms with Crippen LogP contribution in [0.5, 0.6) is 0 Å². The van der Waals surface area contributed by atoms with Gasteiger partial charge in [-0.15, -0.1) is 0 Å². The number of hydrogen-bond acceptors (Lipinski definition) is 3. The molecule has 1 heterocycles. The van der Waals surface area contributed by atoms with Crippen molar-refractivity contribution >= 4 is 11.9 Å². The van der Waals surface area contributed by atoms with E-state index in [1.165, 1.54) is 6.07 Å². The molecule has 0 radical (unpaired) electrons. The van der Waals surface area contributed by atoms with E-state index in [1.807, 2.05) is 32.9 Å². The molecule has 0 aliphatic carbocycles. The fraction of sp³-hybridized carbons (Fsp3) is 0.619. The minimum atomic E-state index is -0.244. The highest BCUT2D eigenvalue weighted by Gasteiger charge is 2.20. The van der Waals surface area contributed by atoms with Gasteiger partial charge in [-0.25, -0.2) is 4.39 Å². The standard InChI is InChI=1S/C21H34FN5O/c1-21(2,3)26-19(28)14-25-20(23-4)24-13-16-9-11-27(12-10-16)15-17-7-5-6-8-18(17)22/h5-8,16H,9-15H2,1-4H3,(H,26,28)(H2,23,24,25). The lowest BCUT2D eigenvalue weighted by molar-refractivity contribution is -0.121. The van der Waals surface area contributed by atoms with Crippen LogP contribution >= 0.6 is 0 Å². The second-order valence-corrected chi connectivity index (χ2v) is 8.42. The van der Waals surface area contributed by atoms with Crippen LogP contribution in [0.25, 0.3) is 0 Å². The molecule has 0 unspecified atom stereocenters. The first kappa shape index (κ1) is 22.1. The first-order valence-corrected chi connectivity index (χ1v) is 9.98. The van der Waals surface area contributed by atoms with Crippen molar-refractivity contribution in [3.8, 4) is 0 Å². The fourth-order valence-corrected chi connectivity index (χ4v) is 3.30. The van der Waals surface area contributed by atoms with Crippen molar-refractivity contribution in [3.05, 3.63) is 35.6 Å². The normalized spacial score (nSPS) is 16.7. The number of benzene rings is 1. The SMILES string of the molecule is CN=C(NCC(=O)NC(C)(C)C)NCC1CCN(Cc2ccccc2F)CC1. The van der Waals surface area contributed by atoms with E-state index in [1.54, 1.807) is 13.1 Å². The van der Waals surface area contributed by atoms with Crippen LogP contribution in [0.1, 0.15) is 39.2 Å². The Labute approximate surface area is 168 Å². The number of guanidine groups is 1. The number of amides is 1. The number of rotatable bonds is 6. The molecule has 1 amide bonds. The summed E-state index contributed by atoms with van der Waals surface area (Å²) in [6.07, 6.45) is 2.12. The molecule has 2 rings (SSSR count). The summed E-state index contributed by atoms with van der Waals surface area (Å²) in [5, 5.41) is 9.28. The predicted molar refractivity (Wildman–Crippen MR) is 112 cm³/mol. The number of nitrogens with zero attached hydrogens (tertiary/aromatic N) is 2. The van der Waals surface area contributed by atoms with E-state index in [9.17, 15) is 9.18 Å². The fourth-order valence-electron chi connectivity index (χ4n) is 3.30. The third-order valence-electron chi connectivity index (χ3n) is 4.77. The summed E-state index contributed by atoms with van der Waals surface area (Å²) in [6, 6.07) is 6.99. The Morgan fingerprint density at radius 3 is 2.50 bits per heavy atom. The highest BCUT2D eigenvalue weighted by molar-refractivity contribution is 5.86. The smallest absolute Gasteiger partial charge is 0.239 e. The number of piperidine rings is 1. The number of aliphatic imine (C=N–C) groups is 1. The quantitative estimate of drug-likeness (QED) is 0.513. The summed E-state index contributed by atoms with van der Waals surface area (Å²) < 4.78 is 13.8. The Bertz CT molecular complexity index is 663. The Kier molecular flexibility index (Phi) is 8.23. The van der Waals surface area contributed by atoms with Crippen LogP contribution in [0, 0.1) is 11.7 Å². The Morgan fingerprint density at radius 2 is 1.89 bits per heavy atom. The molecule has 1 saturated heterocycles. The molecule has 156 valence electrons. The van der Waals surface area contributed by atoms with Gasteiger partial charge in [-0.3, -0.25) is 14.7 Å². The van der Waals surface area contributed by atoms with E-state index in [2.05, 4.69) is 25.8 Å². The maximum atomic E-state index is 13.8. The van der Waals surface area contributed by atoms with Gasteiger partial charge in [-0.2, -0.15) is 0 Å². The summed E-state index contributed by atoms with van der Waals surface area (Å²) in [5.74, 6) is 0.991. The number of nitrogens with one attached hydrogen (secondary N) is 3. The van der Waals surface area contributed by atoms with Crippen molar-refractivity contribution in [1.82, 2.24) is 20.9 Å². The van der Waals surface area contributed by atoms with Gasteiger partial charge >= 0.3 is 0 Å². The van der Waals surface area contributed by atoms with E-state index in [0.717, 1.165) is 38.0 Å². The molecule has 3 N–H and O–H groups in total. The third-order valence-corrected chi connectivity index (χ3v) is 4.77. The highest BCUT2D eigenvalue weighted by atomic mass is 19.1. The van der Waals surface area contributed by atoms with E-state index in [-0.39, 0.29) is 23.8 Å². The average Bonchev–Trinajstić information content (AvgIpc) is 2.63. The summed E-state index contributed by atoms with van der Waals surface area (Å²) >= 11 is 0. The number of carbonyl (C=O) groups excluding carboxylic acids is 1. The second kappa shape index (κ2) is 10.4. The van der Waals surface area contributed by atoms with Crippen molar-refractivity contribution in [3.63, 3.8) is 0 Å². The number of halogens is 1. The third kappa shape index (κ3) is 7.84. The number of hydrogen-bond donors (Lipinski definition) is 3. The van der Waals surface area contributed by atoms with Crippen LogP contribution in [0.4, 0.5) is 4.39 Å². The molecule has 1 aromatic rings. The average molecular weight is 392 g/mol. The van der Waals surface area contributed by atoms with Crippen LogP contribution < -0.4 is 16.0 Å². The van der Waals surface area contributed by atoms with E-state index >= 15 is 0 Å². The van der Waals surface area contributed by atoms with Crippen molar-refractivity contribution in [2.45, 2.75) is 45.7 Å². The van der Waals surface area contributed by atoms with Crippen LogP contribution in [-0.2, 0) is 11.3 Å². The van der Waals surface area contributed by atoms with Crippen LogP contribution in [0.2, 0.25) is 0 Å². The van der Waals surface area contributed by atoms with Gasteiger partial charge in [0.25, 0.3) is 0 Å². The lowest BCUT2D eigenvalue weighted by Crippen LogP contribution is -2.49. The molecule has 7 heteroatoms. The Morgan fingerprint density at radius 1 is 1.21 bits per heavy atom. The maximum Gasteiger partial charge on any atom is 0.239 e. The van der Waals surface area contributed by atoms with Crippen LogP contribution in [0.15, 0.2) is 29.3 Å². The van der Waals surface area contributed by atoms with Gasteiger partial charge < -0.3 is 16.0 Å². The van der Waals surface area contributed by atoms with Crippen molar-refractivity contribution in [1.29, 1.82) is 0 Å². The zero-order chi connectivity index (χ0) is 20.6. The Hall–Kier alpha value is -2.15. The van der Waals surface area contributed by atoms with Crippen molar-refractivity contribution < 1.29 is 9.18 Å². The maximum absolute atomic E-state index is 13.8. The lowest BCUT2D eigenvalue weighted by Gasteiger charge is -2.32. The lowest BCUT2D eigenvalue weighted by atomic mass is 9.96. The molecule has 1 aromatic carbocycles. The van der Waals surface area contributed by atoms with Crippen LogP contribution in [-0.4, -0.2) is 55.5 Å². The number of carbonyl (C=O) groups is 1. The molecule has 0 bridgehead atoms. The molecule has 0 saturated carbocycles. The van der Waals surface area contributed by atoms with Gasteiger partial charge in [-0.1, -0.05) is 18.2 Å². The molecular weight excluding hydrogens is 357 g/mol. The van der Waals surface area contributed by atoms with Gasteiger partial charge in [-0.05, 0) is 58.7 Å². The van der Waals surface area contributed by atoms with Gasteiger partial charge in [0.2, 0.25) is 5.91 Å². The Balaban J connectivity index is 1.68. The summed E-state index contributed by atoms with van der Waals surface area (Å²) in [7, 11) is 1.70. The minimum absolute atomic E-state index is 0.0584. The van der Waals surface area contributed by atoms with E-state index in [0.29, 0.717) is 18.4 Å². The molecule has 0 spiro atoms. The predicted octanol–water partition coefficient (Wildman–Crippen LogP) is 2.12. The molecule has 6 nitrogen and oxygen atoms in total. The van der Waals surface area contributed by atoms with Crippen molar-refractivity contribution in [2.75, 3.05) is 33.2 Å². The summed E-state index contributed by atoms with van der Waals surface area (Å²) in [4.78, 5) is 18.4. The summed E-state index contributed by atoms with van der Waals surface area (Å²) in [5.41, 5.74) is 0.518. The first-order valence-electron chi connectivity index (χ1n) is 9.98. The van der Waals surface area contributed by atoms with Gasteiger partial charge in [0.15, 0.2) is 5.96 Å². The van der Waals surface area contributed by atoms with Crippen LogP contribution in [0.3, 0.4) is 0 Å². The second-order valence-electron chi connectivity index (χ2n) is 8.42. The molecule has 1 aliphatic rings. The van der Waals surface area contributed by atoms with Gasteiger partial charge in [0, 0.05) is 31.2 Å². The first-order chi connectivity index (χ1) is 13.3. The largest absolute Gasteiger partial charge is 0.356 e. The topological polar surface area (TPSA) is 68.8 Å². The molecule has 1 aliphatic heterocycles.